The molecule has 1 aromatic carbocycles. The number of carbonyl (C=O) groups is 1. The molecule has 2 aromatic rings. The zero-order valence-corrected chi connectivity index (χ0v) is 13.9. The van der Waals surface area contributed by atoms with Crippen LogP contribution >= 0.6 is 0 Å². The molecule has 2 heterocycles. The Kier molecular flexibility index (Phi) is 4.83. The van der Waals surface area contributed by atoms with Crippen LogP contribution in [0.3, 0.4) is 0 Å². The van der Waals surface area contributed by atoms with Crippen LogP contribution < -0.4 is 10.2 Å². The number of anilines is 1. The highest BCUT2D eigenvalue weighted by Gasteiger charge is 2.31. The molecule has 1 saturated heterocycles. The summed E-state index contributed by atoms with van der Waals surface area (Å²) in [5.74, 6) is -0.972. The second-order valence-electron chi connectivity index (χ2n) is 6.42. The molecule has 0 radical (unpaired) electrons. The number of halogens is 3. The van der Waals surface area contributed by atoms with Crippen LogP contribution in [0.15, 0.2) is 30.3 Å². The molecule has 1 unspecified atom stereocenters. The van der Waals surface area contributed by atoms with Crippen LogP contribution in [0.25, 0.3) is 10.9 Å². The summed E-state index contributed by atoms with van der Waals surface area (Å²) in [5, 5.41) is 3.00. The van der Waals surface area contributed by atoms with E-state index in [0.717, 1.165) is 35.2 Å². The number of alkyl halides is 3. The number of piperidine rings is 1. The first kappa shape index (κ1) is 17.5. The van der Waals surface area contributed by atoms with Gasteiger partial charge < -0.3 is 10.2 Å². The minimum absolute atomic E-state index is 0.414. The minimum atomic E-state index is -4.39. The van der Waals surface area contributed by atoms with Gasteiger partial charge in [-0.3, -0.25) is 9.78 Å². The molecule has 1 amide bonds. The number of amides is 1. The van der Waals surface area contributed by atoms with E-state index in [0.29, 0.717) is 13.0 Å². The molecule has 0 spiro atoms. The molecule has 0 saturated carbocycles. The summed E-state index contributed by atoms with van der Waals surface area (Å²) in [6.45, 7) is 1.82. The van der Waals surface area contributed by atoms with E-state index in [1.807, 2.05) is 42.6 Å². The highest BCUT2D eigenvalue weighted by molar-refractivity contribution is 5.92. The molecule has 4 nitrogen and oxygen atoms in total. The average Bonchev–Trinajstić information content (AvgIpc) is 2.58. The second-order valence-corrected chi connectivity index (χ2v) is 6.42. The van der Waals surface area contributed by atoms with Gasteiger partial charge in [0.15, 0.2) is 0 Å². The molecular weight excluding hydrogens is 331 g/mol. The van der Waals surface area contributed by atoms with Crippen LogP contribution in [-0.4, -0.2) is 36.7 Å². The number of carbonyl (C=O) groups excluding carboxylic acids is 1. The van der Waals surface area contributed by atoms with Crippen molar-refractivity contribution in [3.63, 3.8) is 0 Å². The quantitative estimate of drug-likeness (QED) is 0.921. The van der Waals surface area contributed by atoms with E-state index in [1.54, 1.807) is 0 Å². The lowest BCUT2D eigenvalue weighted by Gasteiger charge is -2.34. The van der Waals surface area contributed by atoms with Crippen molar-refractivity contribution in [2.75, 3.05) is 24.5 Å². The first-order chi connectivity index (χ1) is 11.8. The molecular formula is C18H20F3N3O. The maximum Gasteiger partial charge on any atom is 0.405 e. The number of benzene rings is 1. The topological polar surface area (TPSA) is 45.2 Å². The summed E-state index contributed by atoms with van der Waals surface area (Å²) < 4.78 is 36.9. The first-order valence-corrected chi connectivity index (χ1v) is 8.29. The lowest BCUT2D eigenvalue weighted by atomic mass is 9.96. The van der Waals surface area contributed by atoms with E-state index >= 15 is 0 Å². The fourth-order valence-electron chi connectivity index (χ4n) is 3.29. The Hall–Kier alpha value is -2.31. The smallest absolute Gasteiger partial charge is 0.370 e. The zero-order valence-electron chi connectivity index (χ0n) is 13.9. The highest BCUT2D eigenvalue weighted by atomic mass is 19.4. The number of aromatic nitrogens is 1. The van der Waals surface area contributed by atoms with Crippen LogP contribution in [0.4, 0.5) is 18.9 Å². The first-order valence-electron chi connectivity index (χ1n) is 8.29. The number of para-hydroxylation sites is 1. The van der Waals surface area contributed by atoms with Gasteiger partial charge in [-0.05, 0) is 31.9 Å². The fourth-order valence-corrected chi connectivity index (χ4v) is 3.29. The second kappa shape index (κ2) is 6.90. The minimum Gasteiger partial charge on any atom is -0.370 e. The predicted octanol–water partition coefficient (Wildman–Crippen LogP) is 3.44. The summed E-state index contributed by atoms with van der Waals surface area (Å²) >= 11 is 0. The summed E-state index contributed by atoms with van der Waals surface area (Å²) in [5.41, 5.74) is 2.73. The lowest BCUT2D eigenvalue weighted by Crippen LogP contribution is -2.45. The summed E-state index contributed by atoms with van der Waals surface area (Å²) in [6, 6.07) is 9.73. The Morgan fingerprint density at radius 3 is 2.88 bits per heavy atom. The van der Waals surface area contributed by atoms with Crippen molar-refractivity contribution in [3.05, 3.63) is 36.0 Å². The van der Waals surface area contributed by atoms with Crippen molar-refractivity contribution in [3.8, 4) is 0 Å². The number of hydrogen-bond acceptors (Lipinski definition) is 3. The highest BCUT2D eigenvalue weighted by Crippen LogP contribution is 2.30. The van der Waals surface area contributed by atoms with Crippen molar-refractivity contribution >= 4 is 22.5 Å². The van der Waals surface area contributed by atoms with E-state index < -0.39 is 24.5 Å². The molecule has 1 aromatic heterocycles. The van der Waals surface area contributed by atoms with E-state index in [-0.39, 0.29) is 0 Å². The third-order valence-corrected chi connectivity index (χ3v) is 4.42. The molecule has 1 fully saturated rings. The van der Waals surface area contributed by atoms with Gasteiger partial charge in [-0.25, -0.2) is 0 Å². The van der Waals surface area contributed by atoms with Crippen molar-refractivity contribution in [2.45, 2.75) is 25.9 Å². The van der Waals surface area contributed by atoms with Gasteiger partial charge in [0.25, 0.3) is 0 Å². The Morgan fingerprint density at radius 1 is 1.36 bits per heavy atom. The third kappa shape index (κ3) is 4.21. The number of nitrogens with zero attached hydrogens (tertiary/aromatic N) is 2. The Bertz CT molecular complexity index is 776. The van der Waals surface area contributed by atoms with Crippen molar-refractivity contribution < 1.29 is 18.0 Å². The van der Waals surface area contributed by atoms with Crippen LogP contribution in [0.5, 0.6) is 0 Å². The van der Waals surface area contributed by atoms with Crippen molar-refractivity contribution in [1.29, 1.82) is 0 Å². The van der Waals surface area contributed by atoms with Gasteiger partial charge >= 0.3 is 6.18 Å². The fraction of sp³-hybridized carbons (Fsp3) is 0.444. The molecule has 3 rings (SSSR count). The van der Waals surface area contributed by atoms with Crippen LogP contribution in [0.2, 0.25) is 0 Å². The van der Waals surface area contributed by atoms with Crippen molar-refractivity contribution in [2.24, 2.45) is 5.92 Å². The molecule has 1 N–H and O–H groups in total. The number of rotatable bonds is 3. The Labute approximate surface area is 144 Å². The number of hydrogen-bond donors (Lipinski definition) is 1. The number of nitrogens with one attached hydrogen (secondary N) is 1. The van der Waals surface area contributed by atoms with Crippen LogP contribution in [0.1, 0.15) is 18.5 Å². The Morgan fingerprint density at radius 2 is 2.12 bits per heavy atom. The van der Waals surface area contributed by atoms with Gasteiger partial charge in [0.05, 0.1) is 11.4 Å². The van der Waals surface area contributed by atoms with E-state index in [4.69, 9.17) is 0 Å². The molecule has 1 atom stereocenters. The number of pyridine rings is 1. The van der Waals surface area contributed by atoms with Gasteiger partial charge in [0, 0.05) is 29.9 Å². The SMILES string of the molecule is Cc1cc(N2CCCC(C(=O)NCC(F)(F)F)C2)c2ccccc2n1. The molecule has 0 aliphatic carbocycles. The zero-order chi connectivity index (χ0) is 18.0. The molecule has 0 bridgehead atoms. The van der Waals surface area contributed by atoms with Gasteiger partial charge in [0.1, 0.15) is 6.54 Å². The summed E-state index contributed by atoms with van der Waals surface area (Å²) in [7, 11) is 0. The standard InChI is InChI=1S/C18H20F3N3O/c1-12-9-16(14-6-2-3-7-15(14)23-12)24-8-4-5-13(10-24)17(25)22-11-18(19,20)21/h2-3,6-7,9,13H,4-5,8,10-11H2,1H3,(H,22,25). The van der Waals surface area contributed by atoms with Gasteiger partial charge in [-0.2, -0.15) is 13.2 Å². The summed E-state index contributed by atoms with van der Waals surface area (Å²) in [4.78, 5) is 18.7. The van der Waals surface area contributed by atoms with E-state index in [2.05, 4.69) is 9.88 Å². The molecule has 7 heteroatoms. The molecule has 134 valence electrons. The van der Waals surface area contributed by atoms with Gasteiger partial charge in [-0.15, -0.1) is 0 Å². The number of aryl methyl sites for hydroxylation is 1. The average molecular weight is 351 g/mol. The summed E-state index contributed by atoms with van der Waals surface area (Å²) in [6.07, 6.45) is -3.02. The Balaban J connectivity index is 1.79. The molecule has 25 heavy (non-hydrogen) atoms. The number of fused-ring (bicyclic) bond motifs is 1. The largest absolute Gasteiger partial charge is 0.405 e. The van der Waals surface area contributed by atoms with E-state index in [1.165, 1.54) is 0 Å². The predicted molar refractivity (Wildman–Crippen MR) is 90.5 cm³/mol. The molecule has 1 aliphatic heterocycles. The van der Waals surface area contributed by atoms with E-state index in [9.17, 15) is 18.0 Å². The van der Waals surface area contributed by atoms with Crippen molar-refractivity contribution in [1.82, 2.24) is 10.3 Å². The van der Waals surface area contributed by atoms with Gasteiger partial charge in [-0.1, -0.05) is 18.2 Å². The monoisotopic (exact) mass is 351 g/mol. The van der Waals surface area contributed by atoms with Crippen LogP contribution in [-0.2, 0) is 4.79 Å². The maximum atomic E-state index is 12.3. The normalized spacial score (nSPS) is 18.4. The molecule has 1 aliphatic rings. The van der Waals surface area contributed by atoms with Gasteiger partial charge in [0.2, 0.25) is 5.91 Å². The lowest BCUT2D eigenvalue weighted by molar-refractivity contribution is -0.140. The maximum absolute atomic E-state index is 12.3. The van der Waals surface area contributed by atoms with Crippen LogP contribution in [0, 0.1) is 12.8 Å². The third-order valence-electron chi connectivity index (χ3n) is 4.42.